The van der Waals surface area contributed by atoms with Crippen LogP contribution in [0.25, 0.3) is 0 Å². The summed E-state index contributed by atoms with van der Waals surface area (Å²) in [4.78, 5) is 7.84. The van der Waals surface area contributed by atoms with E-state index in [9.17, 15) is 8.42 Å². The molecule has 0 amide bonds. The van der Waals surface area contributed by atoms with Crippen LogP contribution in [0.4, 0.5) is 5.69 Å². The second-order valence-corrected chi connectivity index (χ2v) is 11.6. The SMILES string of the molecule is CCOc1cc2c(cc1OCC)[C@@H]1CN(C)CC[C@@H]1N=C2c1ccc(NS(=O)(=O)c2ccc(C)cc2)cc1. The van der Waals surface area contributed by atoms with Gasteiger partial charge in [0.05, 0.1) is 29.9 Å². The molecule has 1 saturated heterocycles. The summed E-state index contributed by atoms with van der Waals surface area (Å²) < 4.78 is 40.3. The molecule has 2 aliphatic rings. The zero-order valence-corrected chi connectivity index (χ0v) is 23.2. The number of piperidine rings is 1. The number of anilines is 1. The van der Waals surface area contributed by atoms with Gasteiger partial charge in [-0.15, -0.1) is 0 Å². The maximum atomic E-state index is 12.9. The van der Waals surface area contributed by atoms with E-state index in [1.165, 1.54) is 5.56 Å². The van der Waals surface area contributed by atoms with Crippen LogP contribution in [0, 0.1) is 6.92 Å². The highest BCUT2D eigenvalue weighted by Gasteiger charge is 2.36. The second-order valence-electron chi connectivity index (χ2n) is 9.95. The largest absolute Gasteiger partial charge is 0.490 e. The van der Waals surface area contributed by atoms with Gasteiger partial charge in [-0.2, -0.15) is 0 Å². The van der Waals surface area contributed by atoms with E-state index in [1.54, 1.807) is 36.4 Å². The Hall–Kier alpha value is -3.36. The molecule has 5 rings (SSSR count). The second kappa shape index (κ2) is 10.8. The molecule has 0 aliphatic carbocycles. The fourth-order valence-electron chi connectivity index (χ4n) is 5.28. The molecule has 0 radical (unpaired) electrons. The molecule has 0 unspecified atom stereocenters. The van der Waals surface area contributed by atoms with Crippen molar-refractivity contribution in [2.45, 2.75) is 44.0 Å². The molecule has 1 fully saturated rings. The van der Waals surface area contributed by atoms with E-state index in [-0.39, 0.29) is 16.9 Å². The van der Waals surface area contributed by atoms with Crippen LogP contribution < -0.4 is 14.2 Å². The summed E-state index contributed by atoms with van der Waals surface area (Å²) in [6, 6.07) is 18.6. The van der Waals surface area contributed by atoms with Crippen molar-refractivity contribution in [1.82, 2.24) is 4.90 Å². The van der Waals surface area contributed by atoms with E-state index in [2.05, 4.69) is 28.8 Å². The van der Waals surface area contributed by atoms with Gasteiger partial charge in [-0.05, 0) is 82.7 Å². The summed E-state index contributed by atoms with van der Waals surface area (Å²) in [6.07, 6.45) is 0.982. The molecule has 0 bridgehead atoms. The van der Waals surface area contributed by atoms with Crippen molar-refractivity contribution < 1.29 is 17.9 Å². The van der Waals surface area contributed by atoms with Crippen molar-refractivity contribution in [3.05, 3.63) is 82.9 Å². The van der Waals surface area contributed by atoms with Crippen LogP contribution >= 0.6 is 0 Å². The molecule has 200 valence electrons. The number of likely N-dealkylation sites (N-methyl/N-ethyl adjacent to an activating group) is 1. The quantitative estimate of drug-likeness (QED) is 0.429. The van der Waals surface area contributed by atoms with Gasteiger partial charge >= 0.3 is 0 Å². The number of hydrogen-bond donors (Lipinski definition) is 1. The molecule has 2 heterocycles. The Morgan fingerprint density at radius 1 is 0.974 bits per heavy atom. The van der Waals surface area contributed by atoms with Crippen LogP contribution in [0.2, 0.25) is 0 Å². The summed E-state index contributed by atoms with van der Waals surface area (Å²) in [5, 5.41) is 0. The van der Waals surface area contributed by atoms with Crippen LogP contribution in [0.3, 0.4) is 0 Å². The van der Waals surface area contributed by atoms with Crippen LogP contribution in [0.1, 0.15) is 48.4 Å². The normalized spacial score (nSPS) is 19.2. The van der Waals surface area contributed by atoms with E-state index in [1.807, 2.05) is 32.9 Å². The van der Waals surface area contributed by atoms with Crippen molar-refractivity contribution in [2.24, 2.45) is 4.99 Å². The maximum absolute atomic E-state index is 12.9. The zero-order valence-electron chi connectivity index (χ0n) is 22.4. The molecule has 3 aromatic rings. The number of aryl methyl sites for hydroxylation is 1. The summed E-state index contributed by atoms with van der Waals surface area (Å²) in [7, 11) is -1.52. The Morgan fingerprint density at radius 3 is 2.29 bits per heavy atom. The van der Waals surface area contributed by atoms with Crippen LogP contribution in [0.15, 0.2) is 70.6 Å². The van der Waals surface area contributed by atoms with E-state index in [4.69, 9.17) is 14.5 Å². The highest BCUT2D eigenvalue weighted by Crippen LogP contribution is 2.42. The minimum atomic E-state index is -3.68. The Kier molecular flexibility index (Phi) is 7.45. The average molecular weight is 534 g/mol. The molecule has 7 nitrogen and oxygen atoms in total. The Morgan fingerprint density at radius 2 is 1.63 bits per heavy atom. The van der Waals surface area contributed by atoms with Gasteiger partial charge < -0.3 is 14.4 Å². The van der Waals surface area contributed by atoms with Gasteiger partial charge in [-0.3, -0.25) is 9.71 Å². The third-order valence-corrected chi connectivity index (χ3v) is 8.58. The number of fused-ring (bicyclic) bond motifs is 3. The van der Waals surface area contributed by atoms with Crippen molar-refractivity contribution in [3.8, 4) is 11.5 Å². The van der Waals surface area contributed by atoms with Crippen molar-refractivity contribution in [2.75, 3.05) is 38.1 Å². The predicted octanol–water partition coefficient (Wildman–Crippen LogP) is 5.23. The Labute approximate surface area is 225 Å². The van der Waals surface area contributed by atoms with E-state index in [0.29, 0.717) is 24.7 Å². The van der Waals surface area contributed by atoms with Crippen LogP contribution in [0.5, 0.6) is 11.5 Å². The lowest BCUT2D eigenvalue weighted by Crippen LogP contribution is -2.41. The summed E-state index contributed by atoms with van der Waals surface area (Å²) in [5.41, 5.74) is 5.62. The predicted molar refractivity (Wildman–Crippen MR) is 151 cm³/mol. The molecular formula is C30H35N3O4S. The van der Waals surface area contributed by atoms with Gasteiger partial charge in [0.1, 0.15) is 0 Å². The fraction of sp³-hybridized carbons (Fsp3) is 0.367. The number of hydrogen-bond acceptors (Lipinski definition) is 6. The van der Waals surface area contributed by atoms with Crippen LogP contribution in [-0.4, -0.2) is 58.4 Å². The number of nitrogens with one attached hydrogen (secondary N) is 1. The Bertz CT molecular complexity index is 1430. The van der Waals surface area contributed by atoms with Gasteiger partial charge in [-0.25, -0.2) is 8.42 Å². The molecule has 2 atom stereocenters. The first-order chi connectivity index (χ1) is 18.3. The molecule has 1 N–H and O–H groups in total. The smallest absolute Gasteiger partial charge is 0.261 e. The van der Waals surface area contributed by atoms with Gasteiger partial charge in [-0.1, -0.05) is 29.8 Å². The molecule has 3 aromatic carbocycles. The standard InChI is InChI=1S/C30H35N3O4S/c1-5-36-28-17-24-25(18-29(28)37-6-2)30(31-27-15-16-33(4)19-26(24)27)21-9-11-22(12-10-21)32-38(34,35)23-13-7-20(3)8-14-23/h7-14,17-18,26-27,32H,5-6,15-16,19H2,1-4H3/t26-,27-/m0/s1. The molecule has 8 heteroatoms. The zero-order chi connectivity index (χ0) is 26.9. The van der Waals surface area contributed by atoms with Crippen molar-refractivity contribution in [3.63, 3.8) is 0 Å². The number of benzene rings is 3. The minimum Gasteiger partial charge on any atom is -0.490 e. The molecule has 0 aromatic heterocycles. The third-order valence-electron chi connectivity index (χ3n) is 7.19. The van der Waals surface area contributed by atoms with Crippen molar-refractivity contribution in [1.29, 1.82) is 0 Å². The number of aliphatic imine (C=N–C) groups is 1. The highest BCUT2D eigenvalue weighted by molar-refractivity contribution is 7.92. The monoisotopic (exact) mass is 533 g/mol. The number of ether oxygens (including phenoxy) is 2. The fourth-order valence-corrected chi connectivity index (χ4v) is 6.34. The van der Waals surface area contributed by atoms with Gasteiger partial charge in [0.15, 0.2) is 11.5 Å². The molecule has 38 heavy (non-hydrogen) atoms. The number of nitrogens with zero attached hydrogens (tertiary/aromatic N) is 2. The number of rotatable bonds is 8. The lowest BCUT2D eigenvalue weighted by molar-refractivity contribution is 0.226. The van der Waals surface area contributed by atoms with E-state index in [0.717, 1.165) is 47.7 Å². The lowest BCUT2D eigenvalue weighted by Gasteiger charge is -2.39. The Balaban J connectivity index is 1.50. The molecule has 0 spiro atoms. The minimum absolute atomic E-state index is 0.181. The van der Waals surface area contributed by atoms with Gasteiger partial charge in [0, 0.05) is 29.3 Å². The maximum Gasteiger partial charge on any atom is 0.261 e. The third kappa shape index (κ3) is 5.28. The first kappa shape index (κ1) is 26.3. The summed E-state index contributed by atoms with van der Waals surface area (Å²) in [6.45, 7) is 8.91. The first-order valence-corrected chi connectivity index (χ1v) is 14.7. The molecular weight excluding hydrogens is 498 g/mol. The van der Waals surface area contributed by atoms with E-state index < -0.39 is 10.0 Å². The van der Waals surface area contributed by atoms with Crippen LogP contribution in [-0.2, 0) is 10.0 Å². The highest BCUT2D eigenvalue weighted by atomic mass is 32.2. The lowest BCUT2D eigenvalue weighted by atomic mass is 9.79. The van der Waals surface area contributed by atoms with E-state index >= 15 is 0 Å². The van der Waals surface area contributed by atoms with Gasteiger partial charge in [0.2, 0.25) is 0 Å². The molecule has 0 saturated carbocycles. The average Bonchev–Trinajstić information content (AvgIpc) is 2.90. The topological polar surface area (TPSA) is 80.2 Å². The summed E-state index contributed by atoms with van der Waals surface area (Å²) in [5.74, 6) is 1.76. The number of sulfonamides is 1. The summed E-state index contributed by atoms with van der Waals surface area (Å²) >= 11 is 0. The van der Waals surface area contributed by atoms with Gasteiger partial charge in [0.25, 0.3) is 10.0 Å². The first-order valence-electron chi connectivity index (χ1n) is 13.2. The number of likely N-dealkylation sites (tertiary alicyclic amines) is 1. The van der Waals surface area contributed by atoms with Crippen molar-refractivity contribution >= 4 is 21.4 Å². The molecule has 2 aliphatic heterocycles.